The van der Waals surface area contributed by atoms with Crippen molar-refractivity contribution >= 4 is 35.9 Å². The molecule has 4 aliphatic heterocycles. The second kappa shape index (κ2) is 17.8. The molecule has 6 N–H and O–H groups in total. The lowest BCUT2D eigenvalue weighted by atomic mass is 9.93. The van der Waals surface area contributed by atoms with E-state index in [1.807, 2.05) is 19.6 Å². The number of likely N-dealkylation sites (tertiary alicyclic amines) is 2. The predicted octanol–water partition coefficient (Wildman–Crippen LogP) is 1.63. The lowest BCUT2D eigenvalue weighted by molar-refractivity contribution is -0.134. The first-order chi connectivity index (χ1) is 24.0. The molecule has 0 atom stereocenters. The Morgan fingerprint density at radius 2 is 0.760 bits per heavy atom. The van der Waals surface area contributed by atoms with E-state index in [0.29, 0.717) is 103 Å². The van der Waals surface area contributed by atoms with Crippen molar-refractivity contribution in [2.24, 2.45) is 23.3 Å². The molecule has 0 unspecified atom stereocenters. The minimum Gasteiger partial charge on any atom is -0.446 e. The number of piperidine rings is 2. The molecule has 50 heavy (non-hydrogen) atoms. The van der Waals surface area contributed by atoms with Gasteiger partial charge in [0.25, 0.3) is 0 Å². The molecule has 5 fully saturated rings. The van der Waals surface area contributed by atoms with E-state index in [0.717, 1.165) is 64.2 Å². The molecule has 0 radical (unpaired) electrons. The van der Waals surface area contributed by atoms with E-state index in [9.17, 15) is 19.2 Å². The summed E-state index contributed by atoms with van der Waals surface area (Å²) in [6.07, 6.45) is 7.88. The van der Waals surface area contributed by atoms with Crippen LogP contribution in [-0.2, 0) is 19.1 Å². The highest BCUT2D eigenvalue weighted by Crippen LogP contribution is 2.26. The number of carbonyl (C=O) groups excluding carboxylic acids is 4. The number of nitrogens with one attached hydrogen (secondary N) is 2. The fraction of sp³-hybridized carbons (Fsp3) is 0.824. The van der Waals surface area contributed by atoms with Gasteiger partial charge in [0.05, 0.1) is 0 Å². The Kier molecular flexibility index (Phi) is 13.3. The number of piperazine rings is 2. The van der Waals surface area contributed by atoms with Gasteiger partial charge in [-0.2, -0.15) is 0 Å². The molecule has 16 heteroatoms. The molecule has 0 aromatic carbocycles. The topological polar surface area (TPSA) is 206 Å². The standard InChI is InChI=1S/C34H58N10O6/c35-31(36)41-11-7-25(8-12-41)23-29(45)39-15-19-43(20-16-39)33(47)49-27-3-1-4-28(6-2-5-27)50-34(48)44-21-17-40(18-22-44)30(46)24-26-9-13-42(14-10-26)32(37)38/h25-28H,1-24H2,(H3,35,36)(H3,37,38). The number of rotatable bonds is 6. The maximum atomic E-state index is 13.0. The van der Waals surface area contributed by atoms with Crippen LogP contribution in [0.25, 0.3) is 0 Å². The van der Waals surface area contributed by atoms with Crippen LogP contribution in [-0.4, -0.2) is 156 Å². The van der Waals surface area contributed by atoms with Gasteiger partial charge in [-0.15, -0.1) is 0 Å². The van der Waals surface area contributed by atoms with Crippen molar-refractivity contribution in [1.29, 1.82) is 10.8 Å². The molecule has 4 heterocycles. The van der Waals surface area contributed by atoms with Crippen molar-refractivity contribution in [2.45, 2.75) is 89.3 Å². The van der Waals surface area contributed by atoms with E-state index < -0.39 is 0 Å². The Morgan fingerprint density at radius 1 is 0.460 bits per heavy atom. The molecule has 1 aliphatic carbocycles. The quantitative estimate of drug-likeness (QED) is 0.233. The maximum absolute atomic E-state index is 13.0. The van der Waals surface area contributed by atoms with E-state index in [4.69, 9.17) is 31.8 Å². The fourth-order valence-corrected chi connectivity index (χ4v) is 7.89. The van der Waals surface area contributed by atoms with E-state index in [1.165, 1.54) is 0 Å². The van der Waals surface area contributed by atoms with Gasteiger partial charge in [-0.1, -0.05) is 0 Å². The molecule has 4 saturated heterocycles. The van der Waals surface area contributed by atoms with Crippen LogP contribution in [0.15, 0.2) is 0 Å². The molecule has 5 aliphatic rings. The van der Waals surface area contributed by atoms with Crippen LogP contribution in [0.4, 0.5) is 9.59 Å². The highest BCUT2D eigenvalue weighted by molar-refractivity contribution is 5.78. The molecule has 16 nitrogen and oxygen atoms in total. The van der Waals surface area contributed by atoms with Gasteiger partial charge in [0.1, 0.15) is 12.2 Å². The average molecular weight is 703 g/mol. The summed E-state index contributed by atoms with van der Waals surface area (Å²) in [4.78, 5) is 62.6. The van der Waals surface area contributed by atoms with Crippen molar-refractivity contribution in [2.75, 3.05) is 78.5 Å². The van der Waals surface area contributed by atoms with Crippen molar-refractivity contribution in [1.82, 2.24) is 29.4 Å². The Balaban J connectivity index is 0.932. The van der Waals surface area contributed by atoms with Crippen LogP contribution in [0.5, 0.6) is 0 Å². The number of ether oxygens (including phenoxy) is 2. The minimum atomic E-state index is -0.321. The number of amides is 4. The molecule has 4 amide bonds. The van der Waals surface area contributed by atoms with Gasteiger partial charge >= 0.3 is 12.2 Å². The minimum absolute atomic E-state index is 0.0935. The first kappa shape index (κ1) is 37.3. The monoisotopic (exact) mass is 702 g/mol. The first-order valence-electron chi connectivity index (χ1n) is 18.7. The molecular formula is C34H58N10O6. The van der Waals surface area contributed by atoms with E-state index in [-0.39, 0.29) is 48.1 Å². The summed E-state index contributed by atoms with van der Waals surface area (Å²) in [5.74, 6) is 1.05. The van der Waals surface area contributed by atoms with Crippen molar-refractivity contribution < 1.29 is 28.7 Å². The summed E-state index contributed by atoms with van der Waals surface area (Å²) in [5.41, 5.74) is 11.2. The van der Waals surface area contributed by atoms with Gasteiger partial charge in [0.2, 0.25) is 11.8 Å². The zero-order chi connectivity index (χ0) is 35.6. The molecule has 5 rings (SSSR count). The summed E-state index contributed by atoms with van der Waals surface area (Å²) in [7, 11) is 0. The molecule has 280 valence electrons. The lowest BCUT2D eigenvalue weighted by Crippen LogP contribution is -2.52. The van der Waals surface area contributed by atoms with E-state index in [1.54, 1.807) is 9.80 Å². The fourth-order valence-electron chi connectivity index (χ4n) is 7.89. The number of carbonyl (C=O) groups is 4. The zero-order valence-corrected chi connectivity index (χ0v) is 29.6. The SMILES string of the molecule is N=C(N)N1CCC(CC(=O)N2CCN(C(=O)OC3CCCC(OC(=O)N4CCN(C(=O)CC5CCN(C(=N)N)CC5)CC4)CCC3)CC2)CC1. The van der Waals surface area contributed by atoms with Gasteiger partial charge in [0.15, 0.2) is 11.9 Å². The Labute approximate surface area is 295 Å². The van der Waals surface area contributed by atoms with Crippen LogP contribution in [0, 0.1) is 22.7 Å². The predicted molar refractivity (Wildman–Crippen MR) is 186 cm³/mol. The number of guanidine groups is 2. The molecule has 0 aromatic heterocycles. The van der Waals surface area contributed by atoms with Gasteiger partial charge < -0.3 is 50.3 Å². The van der Waals surface area contributed by atoms with Gasteiger partial charge in [0, 0.05) is 91.4 Å². The highest BCUT2D eigenvalue weighted by atomic mass is 16.6. The molecule has 0 aromatic rings. The van der Waals surface area contributed by atoms with Crippen molar-refractivity contribution in [3.63, 3.8) is 0 Å². The van der Waals surface area contributed by atoms with Crippen LogP contribution in [0.2, 0.25) is 0 Å². The first-order valence-corrected chi connectivity index (χ1v) is 18.7. The van der Waals surface area contributed by atoms with Crippen molar-refractivity contribution in [3.05, 3.63) is 0 Å². The summed E-state index contributed by atoms with van der Waals surface area (Å²) in [6.45, 7) is 6.73. The number of nitrogens with two attached hydrogens (primary N) is 2. The Hall–Kier alpha value is -3.98. The molecular weight excluding hydrogens is 644 g/mol. The third-order valence-electron chi connectivity index (χ3n) is 11.3. The Bertz CT molecular complexity index is 1100. The smallest absolute Gasteiger partial charge is 0.410 e. The van der Waals surface area contributed by atoms with Crippen LogP contribution in [0.3, 0.4) is 0 Å². The third-order valence-corrected chi connectivity index (χ3v) is 11.3. The van der Waals surface area contributed by atoms with Gasteiger partial charge in [-0.05, 0) is 76.0 Å². The summed E-state index contributed by atoms with van der Waals surface area (Å²) in [5, 5.41) is 15.2. The second-order valence-corrected chi connectivity index (χ2v) is 14.6. The summed E-state index contributed by atoms with van der Waals surface area (Å²) < 4.78 is 11.8. The lowest BCUT2D eigenvalue weighted by Gasteiger charge is -2.37. The van der Waals surface area contributed by atoms with Crippen LogP contribution < -0.4 is 11.5 Å². The van der Waals surface area contributed by atoms with Crippen LogP contribution in [0.1, 0.15) is 77.0 Å². The van der Waals surface area contributed by atoms with E-state index in [2.05, 4.69) is 0 Å². The summed E-state index contributed by atoms with van der Waals surface area (Å²) >= 11 is 0. The Morgan fingerprint density at radius 3 is 1.06 bits per heavy atom. The third kappa shape index (κ3) is 10.5. The number of hydrogen-bond donors (Lipinski definition) is 4. The maximum Gasteiger partial charge on any atom is 0.410 e. The van der Waals surface area contributed by atoms with Crippen LogP contribution >= 0.6 is 0 Å². The largest absolute Gasteiger partial charge is 0.446 e. The number of nitrogens with zero attached hydrogens (tertiary/aromatic N) is 6. The van der Waals surface area contributed by atoms with E-state index >= 15 is 0 Å². The molecule has 0 spiro atoms. The average Bonchev–Trinajstić information content (AvgIpc) is 3.10. The van der Waals surface area contributed by atoms with Crippen molar-refractivity contribution in [3.8, 4) is 0 Å². The van der Waals surface area contributed by atoms with Gasteiger partial charge in [-0.25, -0.2) is 9.59 Å². The molecule has 1 saturated carbocycles. The highest BCUT2D eigenvalue weighted by Gasteiger charge is 2.32. The zero-order valence-electron chi connectivity index (χ0n) is 29.6. The number of hydrogen-bond acceptors (Lipinski definition) is 8. The normalized spacial score (nSPS) is 24.6. The van der Waals surface area contributed by atoms with Gasteiger partial charge in [-0.3, -0.25) is 20.4 Å². The summed E-state index contributed by atoms with van der Waals surface area (Å²) in [6, 6.07) is 0. The molecule has 0 bridgehead atoms. The second-order valence-electron chi connectivity index (χ2n) is 14.6.